The summed E-state index contributed by atoms with van der Waals surface area (Å²) >= 11 is 0. The van der Waals surface area contributed by atoms with Crippen LogP contribution in [0.5, 0.6) is 0 Å². The number of aromatic nitrogens is 2. The molecule has 4 nitrogen and oxygen atoms in total. The Morgan fingerprint density at radius 3 is 2.57 bits per heavy atom. The van der Waals surface area contributed by atoms with Gasteiger partial charge >= 0.3 is 0 Å². The Morgan fingerprint density at radius 1 is 1.04 bits per heavy atom. The van der Waals surface area contributed by atoms with Gasteiger partial charge in [-0.1, -0.05) is 48.5 Å². The second-order valence-electron chi connectivity index (χ2n) is 5.53. The van der Waals surface area contributed by atoms with E-state index in [-0.39, 0.29) is 5.91 Å². The molecule has 1 aromatic heterocycles. The lowest BCUT2D eigenvalue weighted by atomic mass is 10.1. The number of nitrogens with one attached hydrogen (secondary N) is 1. The van der Waals surface area contributed by atoms with E-state index in [0.29, 0.717) is 12.1 Å². The first-order valence-corrected chi connectivity index (χ1v) is 7.61. The van der Waals surface area contributed by atoms with E-state index in [2.05, 4.69) is 22.5 Å². The van der Waals surface area contributed by atoms with Gasteiger partial charge in [0.2, 0.25) is 0 Å². The summed E-state index contributed by atoms with van der Waals surface area (Å²) in [5, 5.41) is 7.29. The highest BCUT2D eigenvalue weighted by atomic mass is 16.1. The zero-order chi connectivity index (χ0) is 16.1. The second kappa shape index (κ2) is 6.92. The molecule has 3 rings (SSSR count). The van der Waals surface area contributed by atoms with E-state index in [4.69, 9.17) is 0 Å². The van der Waals surface area contributed by atoms with Crippen LogP contribution < -0.4 is 5.32 Å². The van der Waals surface area contributed by atoms with E-state index in [0.717, 1.165) is 17.7 Å². The molecule has 0 atom stereocenters. The van der Waals surface area contributed by atoms with Gasteiger partial charge in [0.15, 0.2) is 0 Å². The van der Waals surface area contributed by atoms with E-state index in [1.807, 2.05) is 60.3 Å². The summed E-state index contributed by atoms with van der Waals surface area (Å²) in [7, 11) is 0. The first-order valence-electron chi connectivity index (χ1n) is 7.61. The van der Waals surface area contributed by atoms with Crippen LogP contribution in [0.1, 0.15) is 27.0 Å². The molecule has 1 N–H and O–H groups in total. The van der Waals surface area contributed by atoms with Crippen molar-refractivity contribution in [1.82, 2.24) is 15.1 Å². The first-order chi connectivity index (χ1) is 11.2. The van der Waals surface area contributed by atoms with E-state index >= 15 is 0 Å². The van der Waals surface area contributed by atoms with Gasteiger partial charge in [-0.15, -0.1) is 0 Å². The van der Waals surface area contributed by atoms with Crippen LogP contribution in [0.25, 0.3) is 0 Å². The molecule has 1 amide bonds. The van der Waals surface area contributed by atoms with Gasteiger partial charge in [-0.3, -0.25) is 9.48 Å². The van der Waals surface area contributed by atoms with Crippen molar-refractivity contribution >= 4 is 5.91 Å². The van der Waals surface area contributed by atoms with Crippen molar-refractivity contribution in [2.24, 2.45) is 0 Å². The fraction of sp³-hybridized carbons (Fsp3) is 0.158. The summed E-state index contributed by atoms with van der Waals surface area (Å²) in [4.78, 5) is 12.2. The van der Waals surface area contributed by atoms with Crippen LogP contribution in [0, 0.1) is 6.92 Å². The van der Waals surface area contributed by atoms with Crippen molar-refractivity contribution in [3.8, 4) is 0 Å². The number of nitrogens with zero attached hydrogens (tertiary/aromatic N) is 2. The van der Waals surface area contributed by atoms with Crippen molar-refractivity contribution < 1.29 is 4.79 Å². The molecular formula is C19H19N3O. The first kappa shape index (κ1) is 15.0. The van der Waals surface area contributed by atoms with Gasteiger partial charge in [0.25, 0.3) is 5.91 Å². The minimum Gasteiger partial charge on any atom is -0.348 e. The topological polar surface area (TPSA) is 46.9 Å². The van der Waals surface area contributed by atoms with Crippen molar-refractivity contribution in [3.63, 3.8) is 0 Å². The molecule has 0 aliphatic carbocycles. The molecule has 0 fully saturated rings. The maximum Gasteiger partial charge on any atom is 0.251 e. The van der Waals surface area contributed by atoms with E-state index in [1.54, 1.807) is 6.20 Å². The normalized spacial score (nSPS) is 10.5. The van der Waals surface area contributed by atoms with E-state index < -0.39 is 0 Å². The third kappa shape index (κ3) is 3.86. The molecule has 0 saturated heterocycles. The quantitative estimate of drug-likeness (QED) is 0.787. The van der Waals surface area contributed by atoms with Gasteiger partial charge in [-0.05, 0) is 24.1 Å². The summed E-state index contributed by atoms with van der Waals surface area (Å²) in [5.74, 6) is -0.0566. The summed E-state index contributed by atoms with van der Waals surface area (Å²) in [6, 6.07) is 17.8. The maximum absolute atomic E-state index is 12.2. The average molecular weight is 305 g/mol. The molecule has 23 heavy (non-hydrogen) atoms. The van der Waals surface area contributed by atoms with Crippen LogP contribution in [0.3, 0.4) is 0 Å². The average Bonchev–Trinajstić information content (AvgIpc) is 3.01. The van der Waals surface area contributed by atoms with E-state index in [9.17, 15) is 4.79 Å². The maximum atomic E-state index is 12.2. The van der Waals surface area contributed by atoms with Gasteiger partial charge < -0.3 is 5.32 Å². The lowest BCUT2D eigenvalue weighted by molar-refractivity contribution is 0.0950. The summed E-state index contributed by atoms with van der Waals surface area (Å²) in [6.45, 7) is 3.14. The zero-order valence-electron chi connectivity index (χ0n) is 13.1. The Bertz CT molecular complexity index is 793. The fourth-order valence-corrected chi connectivity index (χ4v) is 2.46. The predicted molar refractivity (Wildman–Crippen MR) is 90.1 cm³/mol. The number of carbonyl (C=O) groups is 1. The number of hydrogen-bond acceptors (Lipinski definition) is 2. The molecule has 0 aliphatic heterocycles. The Morgan fingerprint density at radius 2 is 1.78 bits per heavy atom. The van der Waals surface area contributed by atoms with Crippen LogP contribution in [0.4, 0.5) is 0 Å². The Hall–Kier alpha value is -2.88. The third-order valence-corrected chi connectivity index (χ3v) is 3.72. The number of amides is 1. The monoisotopic (exact) mass is 305 g/mol. The van der Waals surface area contributed by atoms with Crippen molar-refractivity contribution in [3.05, 3.63) is 89.2 Å². The number of hydrogen-bond donors (Lipinski definition) is 1. The van der Waals surface area contributed by atoms with Crippen LogP contribution >= 0.6 is 0 Å². The molecular weight excluding hydrogens is 286 g/mol. The second-order valence-corrected chi connectivity index (χ2v) is 5.53. The highest BCUT2D eigenvalue weighted by Gasteiger charge is 2.08. The lowest BCUT2D eigenvalue weighted by Gasteiger charge is -2.06. The highest BCUT2D eigenvalue weighted by molar-refractivity contribution is 5.95. The molecule has 0 spiro atoms. The SMILES string of the molecule is Cc1ccccc1C(=O)NCc1cnn(Cc2ccccc2)c1. The lowest BCUT2D eigenvalue weighted by Crippen LogP contribution is -2.23. The standard InChI is InChI=1S/C19H19N3O/c1-15-7-5-6-10-18(15)19(23)20-11-17-12-21-22(14-17)13-16-8-3-2-4-9-16/h2-10,12,14H,11,13H2,1H3,(H,20,23). The molecule has 0 unspecified atom stereocenters. The van der Waals surface area contributed by atoms with Crippen LogP contribution in [0.15, 0.2) is 67.0 Å². The molecule has 1 heterocycles. The Balaban J connectivity index is 1.59. The van der Waals surface area contributed by atoms with Crippen molar-refractivity contribution in [1.29, 1.82) is 0 Å². The highest BCUT2D eigenvalue weighted by Crippen LogP contribution is 2.08. The van der Waals surface area contributed by atoms with Gasteiger partial charge in [-0.25, -0.2) is 0 Å². The third-order valence-electron chi connectivity index (χ3n) is 3.72. The molecule has 0 bridgehead atoms. The number of carbonyl (C=O) groups excluding carboxylic acids is 1. The van der Waals surface area contributed by atoms with Gasteiger partial charge in [0.1, 0.15) is 0 Å². The van der Waals surface area contributed by atoms with E-state index in [1.165, 1.54) is 5.56 Å². The van der Waals surface area contributed by atoms with Gasteiger partial charge in [0.05, 0.1) is 12.7 Å². The number of aryl methyl sites for hydroxylation is 1. The van der Waals surface area contributed by atoms with Gasteiger partial charge in [0, 0.05) is 23.9 Å². The molecule has 3 aromatic rings. The summed E-state index contributed by atoms with van der Waals surface area (Å²) in [5.41, 5.74) is 3.88. The van der Waals surface area contributed by atoms with Crippen molar-refractivity contribution in [2.45, 2.75) is 20.0 Å². The molecule has 2 aromatic carbocycles. The molecule has 0 saturated carbocycles. The molecule has 116 valence electrons. The van der Waals surface area contributed by atoms with Gasteiger partial charge in [-0.2, -0.15) is 5.10 Å². The zero-order valence-corrected chi connectivity index (χ0v) is 13.1. The predicted octanol–water partition coefficient (Wildman–Crippen LogP) is 3.17. The van der Waals surface area contributed by atoms with Crippen LogP contribution in [-0.4, -0.2) is 15.7 Å². The molecule has 4 heteroatoms. The van der Waals surface area contributed by atoms with Crippen molar-refractivity contribution in [2.75, 3.05) is 0 Å². The minimum atomic E-state index is -0.0566. The Kier molecular flexibility index (Phi) is 4.52. The number of rotatable bonds is 5. The fourth-order valence-electron chi connectivity index (χ4n) is 2.46. The summed E-state index contributed by atoms with van der Waals surface area (Å²) < 4.78 is 1.88. The number of benzene rings is 2. The largest absolute Gasteiger partial charge is 0.348 e. The Labute approximate surface area is 135 Å². The smallest absolute Gasteiger partial charge is 0.251 e. The molecule has 0 radical (unpaired) electrons. The molecule has 0 aliphatic rings. The van der Waals surface area contributed by atoms with Crippen LogP contribution in [-0.2, 0) is 13.1 Å². The van der Waals surface area contributed by atoms with Crippen LogP contribution in [0.2, 0.25) is 0 Å². The minimum absolute atomic E-state index is 0.0566. The summed E-state index contributed by atoms with van der Waals surface area (Å²) in [6.07, 6.45) is 3.76.